The molecule has 20 heavy (non-hydrogen) atoms. The number of rotatable bonds is 2. The number of carbonyl (C=O) groups excluding carboxylic acids is 1. The number of halogens is 1. The van der Waals surface area contributed by atoms with Gasteiger partial charge in [0.2, 0.25) is 5.91 Å². The maximum atomic E-state index is 12.9. The monoisotopic (exact) mass is 270 g/mol. The molecule has 0 spiro atoms. The third-order valence-corrected chi connectivity index (χ3v) is 3.61. The van der Waals surface area contributed by atoms with Gasteiger partial charge in [-0.2, -0.15) is 0 Å². The predicted molar refractivity (Wildman–Crippen MR) is 77.4 cm³/mol. The number of fused-ring (bicyclic) bond motifs is 1. The second kappa shape index (κ2) is 4.96. The summed E-state index contributed by atoms with van der Waals surface area (Å²) in [5, 5.41) is 3.23. The van der Waals surface area contributed by atoms with Crippen molar-refractivity contribution in [2.45, 2.75) is 12.5 Å². The van der Waals surface area contributed by atoms with Crippen LogP contribution in [0, 0.1) is 5.82 Å². The number of para-hydroxylation sites is 1. The Kier molecular flexibility index (Phi) is 3.14. The minimum absolute atomic E-state index is 0.0205. The van der Waals surface area contributed by atoms with Gasteiger partial charge in [0.25, 0.3) is 0 Å². The highest BCUT2D eigenvalue weighted by Gasteiger charge is 2.29. The van der Waals surface area contributed by atoms with Crippen LogP contribution in [-0.2, 0) is 11.2 Å². The maximum Gasteiger partial charge on any atom is 0.249 e. The van der Waals surface area contributed by atoms with Crippen molar-refractivity contribution in [1.82, 2.24) is 0 Å². The highest BCUT2D eigenvalue weighted by Crippen LogP contribution is 2.26. The number of likely N-dealkylation sites (N-methyl/N-ethyl adjacent to an activating group) is 1. The third kappa shape index (κ3) is 2.25. The number of anilines is 2. The molecule has 0 saturated carbocycles. The summed E-state index contributed by atoms with van der Waals surface area (Å²) >= 11 is 0. The molecule has 2 aromatic rings. The van der Waals surface area contributed by atoms with E-state index in [-0.39, 0.29) is 17.8 Å². The van der Waals surface area contributed by atoms with Crippen molar-refractivity contribution >= 4 is 17.3 Å². The summed E-state index contributed by atoms with van der Waals surface area (Å²) in [6, 6.07) is 13.6. The summed E-state index contributed by atoms with van der Waals surface area (Å²) in [4.78, 5) is 14.0. The van der Waals surface area contributed by atoms with E-state index in [2.05, 4.69) is 5.32 Å². The van der Waals surface area contributed by atoms with Crippen molar-refractivity contribution in [1.29, 1.82) is 0 Å². The normalized spacial score (nSPS) is 16.4. The van der Waals surface area contributed by atoms with Crippen LogP contribution in [0.3, 0.4) is 0 Å². The van der Waals surface area contributed by atoms with Crippen LogP contribution < -0.4 is 10.2 Å². The second-order valence-electron chi connectivity index (χ2n) is 4.93. The zero-order valence-electron chi connectivity index (χ0n) is 11.1. The average molecular weight is 270 g/mol. The molecule has 3 nitrogen and oxygen atoms in total. The summed E-state index contributed by atoms with van der Waals surface area (Å²) in [7, 11) is 1.71. The zero-order chi connectivity index (χ0) is 14.1. The fourth-order valence-electron chi connectivity index (χ4n) is 2.47. The summed E-state index contributed by atoms with van der Waals surface area (Å²) in [5.74, 6) is -0.325. The summed E-state index contributed by atoms with van der Waals surface area (Å²) < 4.78 is 12.9. The Bertz CT molecular complexity index is 614. The van der Waals surface area contributed by atoms with E-state index in [1.165, 1.54) is 12.1 Å². The van der Waals surface area contributed by atoms with Crippen LogP contribution in [-0.4, -0.2) is 19.0 Å². The van der Waals surface area contributed by atoms with Gasteiger partial charge >= 0.3 is 0 Å². The Hall–Kier alpha value is -2.36. The van der Waals surface area contributed by atoms with Gasteiger partial charge in [-0.15, -0.1) is 0 Å². The first-order valence-corrected chi connectivity index (χ1v) is 6.53. The molecule has 0 aromatic heterocycles. The fraction of sp³-hybridized carbons (Fsp3) is 0.188. The van der Waals surface area contributed by atoms with Crippen LogP contribution in [0.1, 0.15) is 5.56 Å². The van der Waals surface area contributed by atoms with Gasteiger partial charge in [0.05, 0.1) is 0 Å². The lowest BCUT2D eigenvalue weighted by Gasteiger charge is -2.21. The topological polar surface area (TPSA) is 32.3 Å². The van der Waals surface area contributed by atoms with E-state index in [0.717, 1.165) is 11.3 Å². The number of carbonyl (C=O) groups is 1. The minimum atomic E-state index is -0.305. The second-order valence-corrected chi connectivity index (χ2v) is 4.93. The minimum Gasteiger partial charge on any atom is -0.373 e. The van der Waals surface area contributed by atoms with Crippen LogP contribution in [0.15, 0.2) is 48.5 Å². The van der Waals surface area contributed by atoms with Crippen LogP contribution >= 0.6 is 0 Å². The van der Waals surface area contributed by atoms with E-state index in [9.17, 15) is 9.18 Å². The first-order chi connectivity index (χ1) is 9.65. The Morgan fingerprint density at radius 2 is 1.90 bits per heavy atom. The van der Waals surface area contributed by atoms with E-state index in [1.807, 2.05) is 24.3 Å². The SMILES string of the molecule is CN(C(=O)C1Cc2ccccc2N1)c1ccc(F)cc1. The molecule has 2 aromatic carbocycles. The average Bonchev–Trinajstić information content (AvgIpc) is 2.90. The lowest BCUT2D eigenvalue weighted by molar-refractivity contribution is -0.118. The number of hydrogen-bond donors (Lipinski definition) is 1. The van der Waals surface area contributed by atoms with E-state index >= 15 is 0 Å². The first kappa shape index (κ1) is 12.7. The number of hydrogen-bond acceptors (Lipinski definition) is 2. The summed E-state index contributed by atoms with van der Waals surface area (Å²) in [6.45, 7) is 0. The molecule has 1 N–H and O–H groups in total. The molecule has 1 aliphatic rings. The molecular formula is C16H15FN2O. The lowest BCUT2D eigenvalue weighted by atomic mass is 10.1. The fourth-order valence-corrected chi connectivity index (χ4v) is 2.47. The van der Waals surface area contributed by atoms with Gasteiger partial charge < -0.3 is 10.2 Å². The van der Waals surface area contributed by atoms with Crippen LogP contribution in [0.2, 0.25) is 0 Å². The highest BCUT2D eigenvalue weighted by atomic mass is 19.1. The van der Waals surface area contributed by atoms with Crippen LogP contribution in [0.4, 0.5) is 15.8 Å². The van der Waals surface area contributed by atoms with Gasteiger partial charge in [-0.1, -0.05) is 18.2 Å². The van der Waals surface area contributed by atoms with Gasteiger partial charge in [-0.05, 0) is 35.9 Å². The van der Waals surface area contributed by atoms with Crippen molar-refractivity contribution < 1.29 is 9.18 Å². The largest absolute Gasteiger partial charge is 0.373 e. The number of nitrogens with zero attached hydrogens (tertiary/aromatic N) is 1. The van der Waals surface area contributed by atoms with Gasteiger partial charge in [-0.3, -0.25) is 4.79 Å². The van der Waals surface area contributed by atoms with Crippen LogP contribution in [0.25, 0.3) is 0 Å². The van der Waals surface area contributed by atoms with Crippen LogP contribution in [0.5, 0.6) is 0 Å². The third-order valence-electron chi connectivity index (χ3n) is 3.61. The molecule has 1 atom stereocenters. The molecule has 1 aliphatic heterocycles. The number of amides is 1. The van der Waals surface area contributed by atoms with E-state index in [0.29, 0.717) is 12.1 Å². The predicted octanol–water partition coefficient (Wildman–Crippen LogP) is 2.83. The van der Waals surface area contributed by atoms with Crippen molar-refractivity contribution in [2.24, 2.45) is 0 Å². The molecule has 0 aliphatic carbocycles. The van der Waals surface area contributed by atoms with Crippen molar-refractivity contribution in [2.75, 3.05) is 17.3 Å². The summed E-state index contributed by atoms with van der Waals surface area (Å²) in [5.41, 5.74) is 2.85. The number of nitrogens with one attached hydrogen (secondary N) is 1. The molecule has 4 heteroatoms. The highest BCUT2D eigenvalue weighted by molar-refractivity contribution is 5.99. The Labute approximate surface area is 117 Å². The molecule has 102 valence electrons. The smallest absolute Gasteiger partial charge is 0.249 e. The lowest BCUT2D eigenvalue weighted by Crippen LogP contribution is -2.39. The Balaban J connectivity index is 1.76. The van der Waals surface area contributed by atoms with Gasteiger partial charge in [0.15, 0.2) is 0 Å². The molecule has 1 heterocycles. The standard InChI is InChI=1S/C16H15FN2O/c1-19(13-8-6-12(17)7-9-13)16(20)15-10-11-4-2-3-5-14(11)18-15/h2-9,15,18H,10H2,1H3. The maximum absolute atomic E-state index is 12.9. The number of benzene rings is 2. The van der Waals surface area contributed by atoms with Gasteiger partial charge in [0, 0.05) is 24.8 Å². The van der Waals surface area contributed by atoms with Crippen molar-refractivity contribution in [3.8, 4) is 0 Å². The molecule has 1 unspecified atom stereocenters. The van der Waals surface area contributed by atoms with Crippen molar-refractivity contribution in [3.05, 3.63) is 59.9 Å². The van der Waals surface area contributed by atoms with E-state index in [4.69, 9.17) is 0 Å². The quantitative estimate of drug-likeness (QED) is 0.910. The molecule has 1 amide bonds. The molecule has 0 fully saturated rings. The van der Waals surface area contributed by atoms with Crippen molar-refractivity contribution in [3.63, 3.8) is 0 Å². The first-order valence-electron chi connectivity index (χ1n) is 6.53. The van der Waals surface area contributed by atoms with E-state index < -0.39 is 0 Å². The Morgan fingerprint density at radius 1 is 1.20 bits per heavy atom. The molecule has 0 saturated heterocycles. The van der Waals surface area contributed by atoms with Gasteiger partial charge in [-0.25, -0.2) is 4.39 Å². The zero-order valence-corrected chi connectivity index (χ0v) is 11.1. The Morgan fingerprint density at radius 3 is 2.60 bits per heavy atom. The van der Waals surface area contributed by atoms with E-state index in [1.54, 1.807) is 24.1 Å². The molecular weight excluding hydrogens is 255 g/mol. The molecule has 0 radical (unpaired) electrons. The molecule has 3 rings (SSSR count). The summed E-state index contributed by atoms with van der Waals surface area (Å²) in [6.07, 6.45) is 0.681. The molecule has 0 bridgehead atoms. The van der Waals surface area contributed by atoms with Gasteiger partial charge in [0.1, 0.15) is 11.9 Å².